The molecule has 0 fully saturated rings. The Kier molecular flexibility index (Phi) is 7.01. The maximum Gasteiger partial charge on any atom is 0.268 e. The Hall–Kier alpha value is -4.32. The number of carbonyl (C=O) groups excluding carboxylic acids is 2. The van der Waals surface area contributed by atoms with Gasteiger partial charge in [-0.15, -0.1) is 0 Å². The summed E-state index contributed by atoms with van der Waals surface area (Å²) in [6.07, 6.45) is 0.668. The largest absolute Gasteiger partial charge is 0.496 e. The molecule has 2 atom stereocenters. The molecule has 0 spiro atoms. The normalized spacial score (nSPS) is 12.9. The number of benzene rings is 2. The fourth-order valence-corrected chi connectivity index (χ4v) is 4.14. The molecule has 4 aromatic rings. The molecule has 0 saturated carbocycles. The van der Waals surface area contributed by atoms with Crippen LogP contribution < -0.4 is 15.4 Å². The first-order valence-corrected chi connectivity index (χ1v) is 11.5. The van der Waals surface area contributed by atoms with Crippen LogP contribution in [0.25, 0.3) is 21.8 Å². The molecule has 0 aliphatic rings. The van der Waals surface area contributed by atoms with E-state index in [1.54, 1.807) is 13.2 Å². The monoisotopic (exact) mass is 472 g/mol. The predicted molar refractivity (Wildman–Crippen MR) is 133 cm³/mol. The first kappa shape index (κ1) is 23.8. The molecule has 4 N–H and O–H groups in total. The molecule has 0 saturated heterocycles. The second-order valence-corrected chi connectivity index (χ2v) is 8.87. The van der Waals surface area contributed by atoms with Gasteiger partial charge >= 0.3 is 0 Å². The fraction of sp³-hybridized carbons (Fsp3) is 0.308. The van der Waals surface area contributed by atoms with E-state index in [1.165, 1.54) is 0 Å². The summed E-state index contributed by atoms with van der Waals surface area (Å²) >= 11 is 0. The van der Waals surface area contributed by atoms with Crippen LogP contribution in [0.5, 0.6) is 5.75 Å². The number of hydrogen-bond donors (Lipinski definition) is 4. The molecular weight excluding hydrogens is 444 g/mol. The number of amides is 2. The highest BCUT2D eigenvalue weighted by Gasteiger charge is 2.26. The number of rotatable bonds is 9. The third kappa shape index (κ3) is 5.27. The van der Waals surface area contributed by atoms with Gasteiger partial charge in [0.15, 0.2) is 0 Å². The number of methoxy groups -OCH3 is 1. The molecule has 2 aromatic heterocycles. The topological polar surface area (TPSA) is 136 Å². The minimum Gasteiger partial charge on any atom is -0.496 e. The van der Waals surface area contributed by atoms with E-state index in [-0.39, 0.29) is 12.3 Å². The lowest BCUT2D eigenvalue weighted by atomic mass is 10.0. The van der Waals surface area contributed by atoms with E-state index in [0.29, 0.717) is 23.6 Å². The molecule has 180 valence electrons. The minimum atomic E-state index is -0.803. The summed E-state index contributed by atoms with van der Waals surface area (Å²) in [7, 11) is 1.57. The van der Waals surface area contributed by atoms with Crippen molar-refractivity contribution in [3.63, 3.8) is 0 Å². The van der Waals surface area contributed by atoms with Crippen LogP contribution in [-0.4, -0.2) is 46.2 Å². The van der Waals surface area contributed by atoms with E-state index < -0.39 is 23.9 Å². The van der Waals surface area contributed by atoms with Crippen LogP contribution >= 0.6 is 0 Å². The third-order valence-corrected chi connectivity index (χ3v) is 5.84. The van der Waals surface area contributed by atoms with Gasteiger partial charge in [0.05, 0.1) is 24.4 Å². The molecule has 0 aliphatic heterocycles. The summed E-state index contributed by atoms with van der Waals surface area (Å²) in [4.78, 5) is 29.2. The van der Waals surface area contributed by atoms with Crippen LogP contribution in [0, 0.1) is 17.2 Å². The fourth-order valence-electron chi connectivity index (χ4n) is 4.14. The Morgan fingerprint density at radius 2 is 1.86 bits per heavy atom. The van der Waals surface area contributed by atoms with Gasteiger partial charge in [0, 0.05) is 22.7 Å². The number of nitrogens with one attached hydrogen (secondary N) is 4. The zero-order valence-corrected chi connectivity index (χ0v) is 19.9. The standard InChI is InChI=1S/C26H28N6O3/c1-15(2)11-22(30-26(34)23-13-18-19(29-23)9-6-10-24(18)35-3)25(33)28-16(14-27)12-21-17-7-4-5-8-20(17)31-32-21/h4-10,13,15-16,22,29H,11-12H2,1-3H3,(H,28,33)(H,30,34)(H,31,32)/t16?,22-/m0/s1. The van der Waals surface area contributed by atoms with Crippen LogP contribution in [0.4, 0.5) is 0 Å². The van der Waals surface area contributed by atoms with Crippen LogP contribution in [0.1, 0.15) is 36.5 Å². The molecule has 9 nitrogen and oxygen atoms in total. The zero-order chi connectivity index (χ0) is 24.9. The molecule has 4 rings (SSSR count). The van der Waals surface area contributed by atoms with Gasteiger partial charge in [0.25, 0.3) is 5.91 Å². The molecule has 2 aromatic carbocycles. The molecule has 2 heterocycles. The number of aromatic amines is 2. The number of para-hydroxylation sites is 1. The third-order valence-electron chi connectivity index (χ3n) is 5.84. The van der Waals surface area contributed by atoms with Gasteiger partial charge in [0.2, 0.25) is 5.91 Å². The number of carbonyl (C=O) groups is 2. The van der Waals surface area contributed by atoms with Crippen molar-refractivity contribution in [1.82, 2.24) is 25.8 Å². The van der Waals surface area contributed by atoms with Crippen molar-refractivity contribution in [2.75, 3.05) is 7.11 Å². The molecule has 35 heavy (non-hydrogen) atoms. The number of fused-ring (bicyclic) bond motifs is 2. The number of nitriles is 1. The molecule has 0 bridgehead atoms. The summed E-state index contributed by atoms with van der Waals surface area (Å²) in [5, 5.41) is 24.2. The van der Waals surface area contributed by atoms with Crippen LogP contribution in [0.15, 0.2) is 48.5 Å². The molecular formula is C26H28N6O3. The maximum absolute atomic E-state index is 13.1. The van der Waals surface area contributed by atoms with E-state index in [1.807, 2.05) is 56.3 Å². The predicted octanol–water partition coefficient (Wildman–Crippen LogP) is 3.45. The maximum atomic E-state index is 13.1. The second kappa shape index (κ2) is 10.3. The molecule has 0 aliphatic carbocycles. The minimum absolute atomic E-state index is 0.143. The van der Waals surface area contributed by atoms with Crippen molar-refractivity contribution < 1.29 is 14.3 Å². The Labute approximate surface area is 202 Å². The van der Waals surface area contributed by atoms with Crippen molar-refractivity contribution in [1.29, 1.82) is 5.26 Å². The summed E-state index contributed by atoms with van der Waals surface area (Å²) in [6, 6.07) is 15.4. The van der Waals surface area contributed by atoms with Gasteiger partial charge in [-0.2, -0.15) is 10.4 Å². The van der Waals surface area contributed by atoms with Crippen LogP contribution in [-0.2, 0) is 11.2 Å². The smallest absolute Gasteiger partial charge is 0.268 e. The first-order chi connectivity index (χ1) is 16.9. The van der Waals surface area contributed by atoms with Gasteiger partial charge in [-0.25, -0.2) is 0 Å². The Bertz CT molecular complexity index is 1400. The number of nitrogens with zero attached hydrogens (tertiary/aromatic N) is 2. The van der Waals surface area contributed by atoms with Crippen molar-refractivity contribution in [3.8, 4) is 11.8 Å². The van der Waals surface area contributed by atoms with Gasteiger partial charge in [-0.1, -0.05) is 38.1 Å². The molecule has 0 radical (unpaired) electrons. The average Bonchev–Trinajstić information content (AvgIpc) is 3.47. The molecule has 9 heteroatoms. The van der Waals surface area contributed by atoms with Gasteiger partial charge in [-0.3, -0.25) is 14.7 Å². The van der Waals surface area contributed by atoms with E-state index in [4.69, 9.17) is 4.74 Å². The van der Waals surface area contributed by atoms with Crippen molar-refractivity contribution in [3.05, 3.63) is 59.9 Å². The highest BCUT2D eigenvalue weighted by Crippen LogP contribution is 2.26. The quantitative estimate of drug-likeness (QED) is 0.296. The summed E-state index contributed by atoms with van der Waals surface area (Å²) in [6.45, 7) is 3.94. The van der Waals surface area contributed by atoms with Gasteiger partial charge in [-0.05, 0) is 36.6 Å². The first-order valence-electron chi connectivity index (χ1n) is 11.5. The molecule has 2 amide bonds. The highest BCUT2D eigenvalue weighted by molar-refractivity contribution is 6.01. The summed E-state index contributed by atoms with van der Waals surface area (Å²) < 4.78 is 5.36. The number of aromatic nitrogens is 3. The lowest BCUT2D eigenvalue weighted by Crippen LogP contribution is -2.50. The lowest BCUT2D eigenvalue weighted by molar-refractivity contribution is -0.123. The highest BCUT2D eigenvalue weighted by atomic mass is 16.5. The molecule has 1 unspecified atom stereocenters. The summed E-state index contributed by atoms with van der Waals surface area (Å²) in [5.41, 5.74) is 2.65. The van der Waals surface area contributed by atoms with E-state index in [9.17, 15) is 14.9 Å². The SMILES string of the molecule is COc1cccc2[nH]c(C(=O)N[C@@H](CC(C)C)C(=O)NC(C#N)Cc3n[nH]c4ccccc34)cc12. The number of ether oxygens (including phenoxy) is 1. The second-order valence-electron chi connectivity index (χ2n) is 8.87. The van der Waals surface area contributed by atoms with Crippen molar-refractivity contribution in [2.45, 2.75) is 38.8 Å². The van der Waals surface area contributed by atoms with E-state index in [0.717, 1.165) is 21.8 Å². The van der Waals surface area contributed by atoms with Crippen LogP contribution in [0.3, 0.4) is 0 Å². The van der Waals surface area contributed by atoms with Gasteiger partial charge < -0.3 is 20.4 Å². The van der Waals surface area contributed by atoms with Gasteiger partial charge in [0.1, 0.15) is 23.5 Å². The van der Waals surface area contributed by atoms with Crippen LogP contribution in [0.2, 0.25) is 0 Å². The number of hydrogen-bond acceptors (Lipinski definition) is 5. The average molecular weight is 473 g/mol. The van der Waals surface area contributed by atoms with E-state index >= 15 is 0 Å². The van der Waals surface area contributed by atoms with E-state index in [2.05, 4.69) is 31.9 Å². The van der Waals surface area contributed by atoms with Crippen molar-refractivity contribution >= 4 is 33.6 Å². The van der Waals surface area contributed by atoms with Crippen molar-refractivity contribution in [2.24, 2.45) is 5.92 Å². The number of H-pyrrole nitrogens is 2. The Balaban J connectivity index is 1.48. The Morgan fingerprint density at radius 3 is 2.60 bits per heavy atom. The lowest BCUT2D eigenvalue weighted by Gasteiger charge is -2.21. The Morgan fingerprint density at radius 1 is 1.09 bits per heavy atom. The summed E-state index contributed by atoms with van der Waals surface area (Å²) in [5.74, 6) is -0.0234. The zero-order valence-electron chi connectivity index (χ0n) is 19.9.